The molecule has 0 saturated carbocycles. The normalized spacial score (nSPS) is 9.87. The third-order valence-corrected chi connectivity index (χ3v) is 9.79. The van der Waals surface area contributed by atoms with Gasteiger partial charge < -0.3 is 4.79 Å². The van der Waals surface area contributed by atoms with Gasteiger partial charge in [-0.15, -0.1) is 0 Å². The van der Waals surface area contributed by atoms with Crippen LogP contribution in [0.3, 0.4) is 0 Å². The van der Waals surface area contributed by atoms with Crippen molar-refractivity contribution >= 4 is 66.5 Å². The highest BCUT2D eigenvalue weighted by Crippen LogP contribution is 2.45. The van der Waals surface area contributed by atoms with Crippen LogP contribution in [-0.4, -0.2) is 13.4 Å². The number of anilines is 1. The fraction of sp³-hybridized carbons (Fsp3) is 0.0690. The summed E-state index contributed by atoms with van der Waals surface area (Å²) in [6, 6.07) is 31.1. The Morgan fingerprint density at radius 2 is 1.26 bits per heavy atom. The Bertz CT molecular complexity index is 1380. The predicted molar refractivity (Wildman–Crippen MR) is 164 cm³/mol. The van der Waals surface area contributed by atoms with Gasteiger partial charge in [0, 0.05) is 27.2 Å². The van der Waals surface area contributed by atoms with Crippen LogP contribution in [0.2, 0.25) is 0 Å². The lowest BCUT2D eigenvalue weighted by Crippen LogP contribution is -1.96. The summed E-state index contributed by atoms with van der Waals surface area (Å²) in [7, 11) is 7.97. The molecule has 0 aliphatic carbocycles. The van der Waals surface area contributed by atoms with Crippen LogP contribution in [0.15, 0.2) is 117 Å². The molecule has 190 valence electrons. The van der Waals surface area contributed by atoms with Gasteiger partial charge in [0.05, 0.1) is 19.4 Å². The quantitative estimate of drug-likeness (QED) is 0.0875. The molecule has 0 amide bonds. The van der Waals surface area contributed by atoms with Crippen LogP contribution < -0.4 is 5.48 Å². The van der Waals surface area contributed by atoms with Crippen LogP contribution in [0.25, 0.3) is 9.69 Å². The Labute approximate surface area is 239 Å². The highest BCUT2D eigenvalue weighted by Gasteiger charge is 2.11. The minimum Gasteiger partial charge on any atom is -0.303 e. The molecule has 38 heavy (non-hydrogen) atoms. The SMILES string of the molecule is CONc1ccccc1SSc1ccccc1CC=O.[C-]#[N+]c1ccccc1SSc1ccccc1[N+]#C. The topological polar surface area (TPSA) is 47.0 Å². The van der Waals surface area contributed by atoms with Crippen LogP contribution in [0, 0.1) is 13.1 Å². The zero-order chi connectivity index (χ0) is 27.0. The molecule has 0 radical (unpaired) electrons. The summed E-state index contributed by atoms with van der Waals surface area (Å²) in [4.78, 5) is 27.0. The van der Waals surface area contributed by atoms with Gasteiger partial charge in [0.1, 0.15) is 11.2 Å². The van der Waals surface area contributed by atoms with Crippen molar-refractivity contribution in [3.63, 3.8) is 0 Å². The minimum absolute atomic E-state index is 0.446. The number of carbonyl (C=O) groups is 1. The van der Waals surface area contributed by atoms with Crippen LogP contribution in [-0.2, 0) is 16.1 Å². The van der Waals surface area contributed by atoms with Gasteiger partial charge in [-0.1, -0.05) is 99.1 Å². The Balaban J connectivity index is 0.000000212. The first-order valence-corrected chi connectivity index (χ1v) is 15.5. The van der Waals surface area contributed by atoms with E-state index in [1.807, 2.05) is 97.1 Å². The standard InChI is InChI=1S/C15H15NO2S2.C14H9N2S2/c1-18-16-13-7-3-5-9-15(13)20-19-14-8-4-2-6-12(14)10-11-17;1-15-11-7-3-5-9-13(11)17-18-14-10-6-4-8-12(14)16-2/h2-9,11,16H,10H2,1H3;1,3-10H/q;+1. The zero-order valence-electron chi connectivity index (χ0n) is 20.4. The molecule has 0 unspecified atom stereocenters. The molecule has 0 bridgehead atoms. The first-order chi connectivity index (χ1) is 18.7. The van der Waals surface area contributed by atoms with Crippen LogP contribution in [0.1, 0.15) is 5.56 Å². The lowest BCUT2D eigenvalue weighted by Gasteiger charge is -2.10. The van der Waals surface area contributed by atoms with E-state index in [2.05, 4.69) is 15.2 Å². The summed E-state index contributed by atoms with van der Waals surface area (Å²) in [6.07, 6.45) is 1.38. The van der Waals surface area contributed by atoms with Crippen LogP contribution in [0.4, 0.5) is 17.1 Å². The van der Waals surface area contributed by atoms with E-state index in [1.165, 1.54) is 0 Å². The maximum atomic E-state index is 10.7. The average Bonchev–Trinajstić information content (AvgIpc) is 2.97. The van der Waals surface area contributed by atoms with E-state index in [0.29, 0.717) is 12.1 Å². The van der Waals surface area contributed by atoms with Gasteiger partial charge in [0.2, 0.25) is 5.69 Å². The molecule has 0 aliphatic heterocycles. The van der Waals surface area contributed by atoms with Crippen molar-refractivity contribution in [2.75, 3.05) is 12.6 Å². The summed E-state index contributed by atoms with van der Waals surface area (Å²) in [5, 5.41) is 0. The van der Waals surface area contributed by atoms with Crippen molar-refractivity contribution in [2.24, 2.45) is 0 Å². The Hall–Kier alpha value is -3.31. The summed E-state index contributed by atoms with van der Waals surface area (Å²) in [5.41, 5.74) is 6.27. The Kier molecular flexibility index (Phi) is 12.7. The Morgan fingerprint density at radius 3 is 1.89 bits per heavy atom. The number of benzene rings is 4. The maximum absolute atomic E-state index is 10.7. The fourth-order valence-electron chi connectivity index (χ4n) is 3.01. The second kappa shape index (κ2) is 16.5. The highest BCUT2D eigenvalue weighted by atomic mass is 33.1. The molecule has 4 rings (SSSR count). The third-order valence-electron chi connectivity index (χ3n) is 4.81. The van der Waals surface area contributed by atoms with E-state index in [9.17, 15) is 4.79 Å². The van der Waals surface area contributed by atoms with E-state index in [-0.39, 0.29) is 0 Å². The number of nitrogens with one attached hydrogen (secondary N) is 1. The third kappa shape index (κ3) is 8.91. The van der Waals surface area contributed by atoms with Crippen molar-refractivity contribution in [3.05, 3.63) is 119 Å². The van der Waals surface area contributed by atoms with Gasteiger partial charge in [-0.05, 0) is 45.5 Å². The maximum Gasteiger partial charge on any atom is 0.354 e. The molecule has 5 nitrogen and oxygen atoms in total. The lowest BCUT2D eigenvalue weighted by atomic mass is 10.2. The molecule has 9 heteroatoms. The molecule has 0 aromatic heterocycles. The molecular weight excluding hydrogens is 551 g/mol. The first kappa shape index (κ1) is 29.2. The molecule has 0 aliphatic rings. The van der Waals surface area contributed by atoms with E-state index in [0.717, 1.165) is 42.8 Å². The molecular formula is C29H24N3O2S4+. The minimum atomic E-state index is 0.446. The second-order valence-electron chi connectivity index (χ2n) is 7.29. The van der Waals surface area contributed by atoms with Crippen LogP contribution in [0.5, 0.6) is 0 Å². The second-order valence-corrected chi connectivity index (χ2v) is 11.7. The molecule has 0 heterocycles. The van der Waals surface area contributed by atoms with E-state index < -0.39 is 0 Å². The van der Waals surface area contributed by atoms with Gasteiger partial charge in [0.15, 0.2) is 0 Å². The van der Waals surface area contributed by atoms with Gasteiger partial charge in [-0.25, -0.2) is 4.85 Å². The highest BCUT2D eigenvalue weighted by molar-refractivity contribution is 8.77. The summed E-state index contributed by atoms with van der Waals surface area (Å²) >= 11 is 0. The van der Waals surface area contributed by atoms with Crippen molar-refractivity contribution in [1.29, 1.82) is 0 Å². The van der Waals surface area contributed by atoms with Crippen molar-refractivity contribution in [3.8, 4) is 6.57 Å². The fourth-order valence-corrected chi connectivity index (χ4v) is 7.62. The molecule has 1 N–H and O–H groups in total. The number of nitrogens with zero attached hydrogens (tertiary/aromatic N) is 2. The van der Waals surface area contributed by atoms with Crippen molar-refractivity contribution in [1.82, 2.24) is 0 Å². The molecule has 4 aromatic carbocycles. The van der Waals surface area contributed by atoms with Crippen molar-refractivity contribution < 1.29 is 9.63 Å². The summed E-state index contributed by atoms with van der Waals surface area (Å²) in [6.45, 7) is 12.4. The lowest BCUT2D eigenvalue weighted by molar-refractivity contribution is -0.107. The number of para-hydroxylation sites is 3. The molecule has 4 aromatic rings. The van der Waals surface area contributed by atoms with Gasteiger partial charge in [-0.3, -0.25) is 10.3 Å². The van der Waals surface area contributed by atoms with Gasteiger partial charge in [-0.2, -0.15) is 0 Å². The van der Waals surface area contributed by atoms with Gasteiger partial charge in [0.25, 0.3) is 6.57 Å². The smallest absolute Gasteiger partial charge is 0.303 e. The molecule has 0 atom stereocenters. The largest absolute Gasteiger partial charge is 0.354 e. The van der Waals surface area contributed by atoms with Crippen molar-refractivity contribution in [2.45, 2.75) is 26.0 Å². The number of rotatable bonds is 10. The van der Waals surface area contributed by atoms with E-state index in [1.54, 1.807) is 50.3 Å². The summed E-state index contributed by atoms with van der Waals surface area (Å²) < 4.78 is 0. The molecule has 0 spiro atoms. The van der Waals surface area contributed by atoms with Gasteiger partial charge >= 0.3 is 5.69 Å². The monoisotopic (exact) mass is 574 g/mol. The molecule has 0 fully saturated rings. The van der Waals surface area contributed by atoms with E-state index in [4.69, 9.17) is 18.0 Å². The predicted octanol–water partition coefficient (Wildman–Crippen LogP) is 9.83. The van der Waals surface area contributed by atoms with E-state index >= 15 is 0 Å². The number of hydrogen-bond acceptors (Lipinski definition) is 7. The Morgan fingerprint density at radius 1 is 0.763 bits per heavy atom. The average molecular weight is 575 g/mol. The number of carbonyl (C=O) groups excluding carboxylic acids is 1. The number of aldehydes is 1. The molecule has 0 saturated heterocycles. The first-order valence-electron chi connectivity index (χ1n) is 11.2. The number of hydrogen-bond donors (Lipinski definition) is 1. The summed E-state index contributed by atoms with van der Waals surface area (Å²) in [5.74, 6) is 0. The zero-order valence-corrected chi connectivity index (χ0v) is 23.7. The van der Waals surface area contributed by atoms with Crippen LogP contribution >= 0.6 is 43.2 Å².